The number of Topliss-reactive ketones (excluding diaryl/α,β-unsaturated/α-hetero) is 1. The minimum atomic E-state index is -0.554. The monoisotopic (exact) mass is 485 g/mol. The van der Waals surface area contributed by atoms with Crippen molar-refractivity contribution in [3.63, 3.8) is 0 Å². The number of carbonyl (C=O) groups is 2. The third-order valence-corrected chi connectivity index (χ3v) is 5.96. The largest absolute Gasteiger partial charge is 0.423 e. The number of aromatic nitrogens is 4. The van der Waals surface area contributed by atoms with Gasteiger partial charge < -0.3 is 25.1 Å². The highest BCUT2D eigenvalue weighted by molar-refractivity contribution is 6.17. The molecule has 2 aromatic carbocycles. The highest BCUT2D eigenvalue weighted by Crippen LogP contribution is 2.35. The first-order valence-corrected chi connectivity index (χ1v) is 11.3. The van der Waals surface area contributed by atoms with Gasteiger partial charge in [0.05, 0.1) is 29.9 Å². The smallest absolute Gasteiger partial charge is 0.252 e. The molecule has 0 fully saturated rings. The Kier molecular flexibility index (Phi) is 6.13. The molecule has 0 spiro atoms. The first-order chi connectivity index (χ1) is 17.5. The Hall–Kier alpha value is -4.64. The van der Waals surface area contributed by atoms with Crippen molar-refractivity contribution in [2.75, 3.05) is 22.1 Å². The molecule has 0 radical (unpaired) electrons. The van der Waals surface area contributed by atoms with Gasteiger partial charge in [-0.15, -0.1) is 10.2 Å². The normalized spacial score (nSPS) is 15.5. The van der Waals surface area contributed by atoms with Gasteiger partial charge >= 0.3 is 0 Å². The number of nitrogens with one attached hydrogen (secondary N) is 2. The summed E-state index contributed by atoms with van der Waals surface area (Å²) in [5.41, 5.74) is 2.96. The number of anilines is 4. The SMILES string of the molecule is CC(=O)N1c2cc(Nc3ncc(-c4nnco4)c(N[C@H](CO)c4ccccc4)n3)ccc2C(=O)C1C. The quantitative estimate of drug-likeness (QED) is 0.356. The molecule has 1 aliphatic rings. The molecule has 11 heteroatoms. The van der Waals surface area contributed by atoms with Crippen LogP contribution in [0.1, 0.15) is 35.8 Å². The van der Waals surface area contributed by atoms with Gasteiger partial charge in [-0.25, -0.2) is 4.98 Å². The van der Waals surface area contributed by atoms with Gasteiger partial charge in [-0.1, -0.05) is 30.3 Å². The van der Waals surface area contributed by atoms with Crippen molar-refractivity contribution in [1.82, 2.24) is 20.2 Å². The number of nitrogens with zero attached hydrogens (tertiary/aromatic N) is 5. The molecule has 3 N–H and O–H groups in total. The molecule has 2 aromatic heterocycles. The fourth-order valence-electron chi connectivity index (χ4n) is 4.22. The molecule has 4 aromatic rings. The summed E-state index contributed by atoms with van der Waals surface area (Å²) in [4.78, 5) is 35.1. The molecular formula is C25H23N7O4. The molecule has 36 heavy (non-hydrogen) atoms. The Morgan fingerprint density at radius 2 is 2.00 bits per heavy atom. The minimum Gasteiger partial charge on any atom is -0.423 e. The third-order valence-electron chi connectivity index (χ3n) is 5.96. The third kappa shape index (κ3) is 4.27. The summed E-state index contributed by atoms with van der Waals surface area (Å²) >= 11 is 0. The molecule has 0 bridgehead atoms. The van der Waals surface area contributed by atoms with E-state index in [1.807, 2.05) is 30.3 Å². The van der Waals surface area contributed by atoms with Gasteiger partial charge in [0.2, 0.25) is 18.2 Å². The van der Waals surface area contributed by atoms with Gasteiger partial charge in [0.15, 0.2) is 5.78 Å². The molecule has 1 aliphatic heterocycles. The van der Waals surface area contributed by atoms with Crippen LogP contribution in [0.4, 0.5) is 23.1 Å². The van der Waals surface area contributed by atoms with Crippen molar-refractivity contribution in [2.45, 2.75) is 25.9 Å². The van der Waals surface area contributed by atoms with Crippen LogP contribution < -0.4 is 15.5 Å². The van der Waals surface area contributed by atoms with E-state index in [1.54, 1.807) is 25.1 Å². The highest BCUT2D eigenvalue weighted by atomic mass is 16.4. The lowest BCUT2D eigenvalue weighted by Gasteiger charge is -2.20. The zero-order chi connectivity index (χ0) is 25.2. The van der Waals surface area contributed by atoms with Crippen molar-refractivity contribution in [1.29, 1.82) is 0 Å². The summed E-state index contributed by atoms with van der Waals surface area (Å²) in [6.45, 7) is 2.96. The highest BCUT2D eigenvalue weighted by Gasteiger charge is 2.36. The number of aliphatic hydroxyl groups is 1. The number of aliphatic hydroxyl groups excluding tert-OH is 1. The van der Waals surface area contributed by atoms with Crippen LogP contribution in [0.3, 0.4) is 0 Å². The predicted octanol–water partition coefficient (Wildman–Crippen LogP) is 3.35. The molecule has 5 rings (SSSR count). The standard InChI is InChI=1S/C25H23N7O4/c1-14-22(35)18-9-8-17(10-21(18)32(14)15(2)34)28-25-26-11-19(24-31-27-13-36-24)23(30-25)29-20(12-33)16-6-4-3-5-7-16/h3-11,13-14,20,33H,12H2,1-2H3,(H2,26,28,29,30)/t14?,20-/m1/s1. The molecule has 1 unspecified atom stereocenters. The van der Waals surface area contributed by atoms with Crippen LogP contribution in [0.25, 0.3) is 11.5 Å². The van der Waals surface area contributed by atoms with E-state index in [4.69, 9.17) is 4.42 Å². The maximum absolute atomic E-state index is 12.5. The maximum Gasteiger partial charge on any atom is 0.252 e. The molecule has 0 aliphatic carbocycles. The summed E-state index contributed by atoms with van der Waals surface area (Å²) in [5.74, 6) is 0.520. The maximum atomic E-state index is 12.5. The van der Waals surface area contributed by atoms with Gasteiger partial charge in [0.1, 0.15) is 5.82 Å². The molecule has 2 atom stereocenters. The van der Waals surface area contributed by atoms with E-state index in [0.717, 1.165) is 5.56 Å². The number of hydrogen-bond acceptors (Lipinski definition) is 10. The van der Waals surface area contributed by atoms with E-state index >= 15 is 0 Å². The number of ketones is 1. The van der Waals surface area contributed by atoms with Crippen LogP contribution in [0.5, 0.6) is 0 Å². The Bertz CT molecular complexity index is 1410. The Morgan fingerprint density at radius 3 is 2.69 bits per heavy atom. The number of benzene rings is 2. The number of hydrogen-bond donors (Lipinski definition) is 3. The Labute approximate surface area is 206 Å². The molecule has 1 amide bonds. The van der Waals surface area contributed by atoms with Gasteiger partial charge in [-0.3, -0.25) is 9.59 Å². The second-order valence-corrected chi connectivity index (χ2v) is 8.28. The lowest BCUT2D eigenvalue weighted by molar-refractivity contribution is -0.116. The summed E-state index contributed by atoms with van der Waals surface area (Å²) in [5, 5.41) is 24.1. The Balaban J connectivity index is 1.48. The predicted molar refractivity (Wildman–Crippen MR) is 132 cm³/mol. The van der Waals surface area contributed by atoms with Gasteiger partial charge in [-0.2, -0.15) is 4.98 Å². The minimum absolute atomic E-state index is 0.102. The average molecular weight is 486 g/mol. The fourth-order valence-corrected chi connectivity index (χ4v) is 4.22. The molecule has 3 heterocycles. The van der Waals surface area contributed by atoms with Crippen molar-refractivity contribution < 1.29 is 19.1 Å². The van der Waals surface area contributed by atoms with Crippen LogP contribution in [-0.4, -0.2) is 49.6 Å². The van der Waals surface area contributed by atoms with E-state index in [1.165, 1.54) is 24.4 Å². The van der Waals surface area contributed by atoms with Crippen LogP contribution in [0.15, 0.2) is 65.5 Å². The second-order valence-electron chi connectivity index (χ2n) is 8.28. The molecule has 0 saturated heterocycles. The molecule has 0 saturated carbocycles. The van der Waals surface area contributed by atoms with E-state index in [2.05, 4.69) is 30.8 Å². The van der Waals surface area contributed by atoms with E-state index in [-0.39, 0.29) is 30.1 Å². The van der Waals surface area contributed by atoms with Gasteiger partial charge in [0, 0.05) is 24.4 Å². The van der Waals surface area contributed by atoms with Crippen molar-refractivity contribution in [2.24, 2.45) is 0 Å². The van der Waals surface area contributed by atoms with E-state index in [0.29, 0.717) is 28.3 Å². The van der Waals surface area contributed by atoms with Gasteiger partial charge in [0.25, 0.3) is 5.89 Å². The molecular weight excluding hydrogens is 462 g/mol. The lowest BCUT2D eigenvalue weighted by atomic mass is 10.1. The topological polar surface area (TPSA) is 146 Å². The van der Waals surface area contributed by atoms with Gasteiger partial charge in [-0.05, 0) is 30.7 Å². The zero-order valence-electron chi connectivity index (χ0n) is 19.5. The zero-order valence-corrected chi connectivity index (χ0v) is 19.5. The van der Waals surface area contributed by atoms with Crippen LogP contribution >= 0.6 is 0 Å². The van der Waals surface area contributed by atoms with E-state index in [9.17, 15) is 14.7 Å². The van der Waals surface area contributed by atoms with Crippen molar-refractivity contribution in [3.05, 3.63) is 72.2 Å². The molecule has 182 valence electrons. The van der Waals surface area contributed by atoms with Crippen LogP contribution in [-0.2, 0) is 4.79 Å². The summed E-state index contributed by atoms with van der Waals surface area (Å²) in [6, 6.07) is 13.6. The summed E-state index contributed by atoms with van der Waals surface area (Å²) in [6.07, 6.45) is 2.74. The number of fused-ring (bicyclic) bond motifs is 1. The van der Waals surface area contributed by atoms with Crippen LogP contribution in [0.2, 0.25) is 0 Å². The lowest BCUT2D eigenvalue weighted by Crippen LogP contribution is -2.36. The second kappa shape index (κ2) is 9.55. The number of carbonyl (C=O) groups excluding carboxylic acids is 2. The summed E-state index contributed by atoms with van der Waals surface area (Å²) in [7, 11) is 0. The van der Waals surface area contributed by atoms with Crippen LogP contribution in [0, 0.1) is 0 Å². The number of amides is 1. The number of rotatable bonds is 7. The summed E-state index contributed by atoms with van der Waals surface area (Å²) < 4.78 is 5.35. The van der Waals surface area contributed by atoms with Crippen molar-refractivity contribution >= 4 is 34.8 Å². The van der Waals surface area contributed by atoms with Crippen molar-refractivity contribution in [3.8, 4) is 11.5 Å². The Morgan fingerprint density at radius 1 is 1.19 bits per heavy atom. The molecule has 11 nitrogen and oxygen atoms in total. The van der Waals surface area contributed by atoms with E-state index < -0.39 is 12.1 Å². The average Bonchev–Trinajstić information content (AvgIpc) is 3.50. The fraction of sp³-hybridized carbons (Fsp3) is 0.200. The first kappa shape index (κ1) is 23.1. The first-order valence-electron chi connectivity index (χ1n) is 11.3.